The molecule has 4 nitrogen and oxygen atoms in total. The Morgan fingerprint density at radius 3 is 2.56 bits per heavy atom. The molecule has 3 N–H and O–H groups in total. The smallest absolute Gasteiger partial charge is 0.203 e. The molecule has 4 heteroatoms. The van der Waals surface area contributed by atoms with Gasteiger partial charge in [0.25, 0.3) is 0 Å². The zero-order valence-corrected chi connectivity index (χ0v) is 11.0. The lowest BCUT2D eigenvalue weighted by atomic mass is 9.89. The first-order valence-corrected chi connectivity index (χ1v) is 6.44. The number of nitrogens with two attached hydrogens (primary N) is 1. The molecule has 0 saturated heterocycles. The van der Waals surface area contributed by atoms with Gasteiger partial charge in [-0.2, -0.15) is 0 Å². The second-order valence-electron chi connectivity index (χ2n) is 4.82. The largest absolute Gasteiger partial charge is 0.504 e. The zero-order valence-electron chi connectivity index (χ0n) is 11.0. The van der Waals surface area contributed by atoms with E-state index < -0.39 is 0 Å². The summed E-state index contributed by atoms with van der Waals surface area (Å²) < 4.78 is 10.7. The van der Waals surface area contributed by atoms with Crippen LogP contribution in [0.25, 0.3) is 0 Å². The fourth-order valence-electron chi connectivity index (χ4n) is 2.64. The first kappa shape index (κ1) is 13.0. The van der Waals surface area contributed by atoms with Crippen molar-refractivity contribution in [2.75, 3.05) is 13.7 Å². The number of phenolic OH excluding ortho intramolecular Hbond substituents is 1. The van der Waals surface area contributed by atoms with Crippen molar-refractivity contribution in [3.8, 4) is 17.2 Å². The maximum absolute atomic E-state index is 10.0. The first-order chi connectivity index (χ1) is 8.60. The van der Waals surface area contributed by atoms with E-state index in [0.717, 1.165) is 31.2 Å². The molecular weight excluding hydrogens is 230 g/mol. The molecule has 0 atom stereocenters. The van der Waals surface area contributed by atoms with Crippen LogP contribution in [0.4, 0.5) is 0 Å². The van der Waals surface area contributed by atoms with Gasteiger partial charge in [0.05, 0.1) is 13.7 Å². The van der Waals surface area contributed by atoms with Crippen LogP contribution in [0.5, 0.6) is 17.2 Å². The standard InChI is InChI=1S/C14H21NO3/c1-3-18-12-9-10(8-11(16)13(12)17-2)14(15)6-4-5-7-14/h8-9,16H,3-7,15H2,1-2H3. The maximum Gasteiger partial charge on any atom is 0.203 e. The van der Waals surface area contributed by atoms with Crippen LogP contribution < -0.4 is 15.2 Å². The zero-order chi connectivity index (χ0) is 13.2. The maximum atomic E-state index is 10.0. The van der Waals surface area contributed by atoms with Crippen molar-refractivity contribution < 1.29 is 14.6 Å². The number of ether oxygens (including phenoxy) is 2. The van der Waals surface area contributed by atoms with Crippen LogP contribution in [0.1, 0.15) is 38.2 Å². The molecule has 0 unspecified atom stereocenters. The summed E-state index contributed by atoms with van der Waals surface area (Å²) in [6.07, 6.45) is 4.16. The molecule has 2 rings (SSSR count). The molecule has 100 valence electrons. The Morgan fingerprint density at radius 2 is 2.00 bits per heavy atom. The lowest BCUT2D eigenvalue weighted by molar-refractivity contribution is 0.298. The van der Waals surface area contributed by atoms with E-state index in [1.165, 1.54) is 7.11 Å². The molecule has 1 aromatic rings. The number of hydrogen-bond donors (Lipinski definition) is 2. The number of hydrogen-bond acceptors (Lipinski definition) is 4. The molecule has 0 bridgehead atoms. The number of aromatic hydroxyl groups is 1. The third kappa shape index (κ3) is 2.25. The summed E-state index contributed by atoms with van der Waals surface area (Å²) in [5, 5.41) is 10.0. The third-order valence-electron chi connectivity index (χ3n) is 3.61. The van der Waals surface area contributed by atoms with Crippen LogP contribution >= 0.6 is 0 Å². The first-order valence-electron chi connectivity index (χ1n) is 6.44. The average molecular weight is 251 g/mol. The van der Waals surface area contributed by atoms with Gasteiger partial charge in [0, 0.05) is 5.54 Å². The SMILES string of the molecule is CCOc1cc(C2(N)CCCC2)cc(O)c1OC. The summed E-state index contributed by atoms with van der Waals surface area (Å²) >= 11 is 0. The highest BCUT2D eigenvalue weighted by Crippen LogP contribution is 2.44. The summed E-state index contributed by atoms with van der Waals surface area (Å²) in [5.41, 5.74) is 6.99. The number of phenols is 1. The highest BCUT2D eigenvalue weighted by molar-refractivity contribution is 5.54. The minimum atomic E-state index is -0.338. The van der Waals surface area contributed by atoms with E-state index in [4.69, 9.17) is 15.2 Å². The van der Waals surface area contributed by atoms with Gasteiger partial charge in [-0.05, 0) is 37.5 Å². The van der Waals surface area contributed by atoms with Gasteiger partial charge < -0.3 is 20.3 Å². The lowest BCUT2D eigenvalue weighted by Crippen LogP contribution is -2.33. The van der Waals surface area contributed by atoms with Crippen molar-refractivity contribution >= 4 is 0 Å². The minimum absolute atomic E-state index is 0.0928. The molecule has 1 aliphatic carbocycles. The Bertz CT molecular complexity index is 425. The van der Waals surface area contributed by atoms with Crippen molar-refractivity contribution in [1.29, 1.82) is 0 Å². The van der Waals surface area contributed by atoms with Crippen LogP contribution in [0.15, 0.2) is 12.1 Å². The molecular formula is C14H21NO3. The van der Waals surface area contributed by atoms with E-state index in [9.17, 15) is 5.11 Å². The van der Waals surface area contributed by atoms with Gasteiger partial charge in [0.15, 0.2) is 11.5 Å². The van der Waals surface area contributed by atoms with Gasteiger partial charge in [-0.1, -0.05) is 12.8 Å². The molecule has 0 amide bonds. The fraction of sp³-hybridized carbons (Fsp3) is 0.571. The summed E-state index contributed by atoms with van der Waals surface area (Å²) in [4.78, 5) is 0. The van der Waals surface area contributed by atoms with E-state index in [1.807, 2.05) is 13.0 Å². The van der Waals surface area contributed by atoms with E-state index in [1.54, 1.807) is 6.07 Å². The second kappa shape index (κ2) is 5.06. The topological polar surface area (TPSA) is 64.7 Å². The minimum Gasteiger partial charge on any atom is -0.504 e. The molecule has 0 aliphatic heterocycles. The Morgan fingerprint density at radius 1 is 1.33 bits per heavy atom. The highest BCUT2D eigenvalue weighted by atomic mass is 16.5. The molecule has 1 saturated carbocycles. The molecule has 1 fully saturated rings. The van der Waals surface area contributed by atoms with Crippen molar-refractivity contribution in [2.24, 2.45) is 5.73 Å². The fourth-order valence-corrected chi connectivity index (χ4v) is 2.64. The van der Waals surface area contributed by atoms with Gasteiger partial charge in [0.2, 0.25) is 5.75 Å². The molecule has 18 heavy (non-hydrogen) atoms. The molecule has 0 aromatic heterocycles. The summed E-state index contributed by atoms with van der Waals surface area (Å²) in [7, 11) is 1.52. The van der Waals surface area contributed by atoms with Crippen molar-refractivity contribution in [2.45, 2.75) is 38.1 Å². The molecule has 0 spiro atoms. The van der Waals surface area contributed by atoms with Crippen molar-refractivity contribution in [3.05, 3.63) is 17.7 Å². The number of rotatable bonds is 4. The summed E-state index contributed by atoms with van der Waals surface area (Å²) in [5.74, 6) is 1.03. The van der Waals surface area contributed by atoms with Crippen LogP contribution in [-0.4, -0.2) is 18.8 Å². The van der Waals surface area contributed by atoms with Crippen molar-refractivity contribution in [3.63, 3.8) is 0 Å². The molecule has 0 radical (unpaired) electrons. The second-order valence-corrected chi connectivity index (χ2v) is 4.82. The summed E-state index contributed by atoms with van der Waals surface area (Å²) in [6, 6.07) is 3.60. The Hall–Kier alpha value is -1.42. The lowest BCUT2D eigenvalue weighted by Gasteiger charge is -2.25. The van der Waals surface area contributed by atoms with Gasteiger partial charge in [0.1, 0.15) is 0 Å². The molecule has 1 aromatic carbocycles. The van der Waals surface area contributed by atoms with E-state index in [2.05, 4.69) is 0 Å². The highest BCUT2D eigenvalue weighted by Gasteiger charge is 2.32. The molecule has 1 aliphatic rings. The van der Waals surface area contributed by atoms with E-state index >= 15 is 0 Å². The Balaban J connectivity index is 2.43. The number of methoxy groups -OCH3 is 1. The van der Waals surface area contributed by atoms with Crippen LogP contribution in [0.3, 0.4) is 0 Å². The van der Waals surface area contributed by atoms with Gasteiger partial charge in [-0.15, -0.1) is 0 Å². The Kier molecular flexibility index (Phi) is 3.66. The van der Waals surface area contributed by atoms with Gasteiger partial charge in [-0.25, -0.2) is 0 Å². The van der Waals surface area contributed by atoms with Gasteiger partial charge >= 0.3 is 0 Å². The van der Waals surface area contributed by atoms with Crippen molar-refractivity contribution in [1.82, 2.24) is 0 Å². The number of benzene rings is 1. The predicted octanol–water partition coefficient (Wildman–Crippen LogP) is 2.53. The van der Waals surface area contributed by atoms with Crippen LogP contribution in [-0.2, 0) is 5.54 Å². The normalized spacial score (nSPS) is 17.7. The van der Waals surface area contributed by atoms with Crippen LogP contribution in [0.2, 0.25) is 0 Å². The average Bonchev–Trinajstić information content (AvgIpc) is 2.77. The predicted molar refractivity (Wildman–Crippen MR) is 70.2 cm³/mol. The van der Waals surface area contributed by atoms with E-state index in [0.29, 0.717) is 18.1 Å². The third-order valence-corrected chi connectivity index (χ3v) is 3.61. The van der Waals surface area contributed by atoms with Gasteiger partial charge in [-0.3, -0.25) is 0 Å². The van der Waals surface area contributed by atoms with E-state index in [-0.39, 0.29) is 11.3 Å². The Labute approximate surface area is 108 Å². The monoisotopic (exact) mass is 251 g/mol. The quantitative estimate of drug-likeness (QED) is 0.863. The molecule has 0 heterocycles. The summed E-state index contributed by atoms with van der Waals surface area (Å²) in [6.45, 7) is 2.42. The van der Waals surface area contributed by atoms with Crippen LogP contribution in [0, 0.1) is 0 Å².